The van der Waals surface area contributed by atoms with Crippen LogP contribution in [0.25, 0.3) is 0 Å². The van der Waals surface area contributed by atoms with Crippen molar-refractivity contribution < 1.29 is 4.74 Å². The maximum atomic E-state index is 5.09. The molecular weight excluding hydrogens is 114 g/mol. The lowest BCUT2D eigenvalue weighted by Crippen LogP contribution is -2.30. The van der Waals surface area contributed by atoms with Crippen LogP contribution < -0.4 is 0 Å². The molecule has 56 valence electrons. The highest BCUT2D eigenvalue weighted by Gasteiger charge is 2.03. The van der Waals surface area contributed by atoms with Crippen LogP contribution in [0.15, 0.2) is 0 Å². The van der Waals surface area contributed by atoms with Crippen molar-refractivity contribution in [2.45, 2.75) is 26.5 Å². The highest BCUT2D eigenvalue weighted by molar-refractivity contribution is 4.49. The van der Waals surface area contributed by atoms with Crippen molar-refractivity contribution in [3.05, 3.63) is 0 Å². The Morgan fingerprint density at radius 3 is 2.44 bits per heavy atom. The van der Waals surface area contributed by atoms with Gasteiger partial charge in [0.15, 0.2) is 0 Å². The molecule has 2 heteroatoms. The standard InChI is InChI=1S/C7H17NO/c1-5-6-8(3)7(2)9-4/h7H,5-6H2,1-4H3. The van der Waals surface area contributed by atoms with Gasteiger partial charge in [-0.05, 0) is 26.9 Å². The molecule has 0 aliphatic carbocycles. The molecule has 9 heavy (non-hydrogen) atoms. The fraction of sp³-hybridized carbons (Fsp3) is 1.00. The summed E-state index contributed by atoms with van der Waals surface area (Å²) < 4.78 is 5.09. The third-order valence-electron chi connectivity index (χ3n) is 1.54. The summed E-state index contributed by atoms with van der Waals surface area (Å²) in [6.45, 7) is 5.32. The Hall–Kier alpha value is -0.0800. The van der Waals surface area contributed by atoms with Crippen molar-refractivity contribution in [2.24, 2.45) is 0 Å². The van der Waals surface area contributed by atoms with Gasteiger partial charge < -0.3 is 4.74 Å². The fourth-order valence-electron chi connectivity index (χ4n) is 0.714. The van der Waals surface area contributed by atoms with E-state index in [1.807, 2.05) is 0 Å². The van der Waals surface area contributed by atoms with Gasteiger partial charge in [-0.1, -0.05) is 6.92 Å². The predicted molar refractivity (Wildman–Crippen MR) is 39.4 cm³/mol. The monoisotopic (exact) mass is 131 g/mol. The Labute approximate surface area is 57.8 Å². The molecule has 0 spiro atoms. The van der Waals surface area contributed by atoms with Crippen molar-refractivity contribution in [1.82, 2.24) is 4.90 Å². The Kier molecular flexibility index (Phi) is 4.72. The van der Waals surface area contributed by atoms with Gasteiger partial charge in [-0.2, -0.15) is 0 Å². The van der Waals surface area contributed by atoms with E-state index in [0.717, 1.165) is 6.54 Å². The molecule has 0 fully saturated rings. The summed E-state index contributed by atoms with van der Waals surface area (Å²) in [5.41, 5.74) is 0. The molecule has 0 N–H and O–H groups in total. The highest BCUT2D eigenvalue weighted by atomic mass is 16.5. The zero-order valence-corrected chi connectivity index (χ0v) is 6.85. The third-order valence-corrected chi connectivity index (χ3v) is 1.54. The highest BCUT2D eigenvalue weighted by Crippen LogP contribution is 1.95. The zero-order chi connectivity index (χ0) is 7.28. The first-order valence-electron chi connectivity index (χ1n) is 3.45. The summed E-state index contributed by atoms with van der Waals surface area (Å²) in [5.74, 6) is 0. The second-order valence-corrected chi connectivity index (χ2v) is 2.32. The van der Waals surface area contributed by atoms with Crippen LogP contribution in [0, 0.1) is 0 Å². The van der Waals surface area contributed by atoms with Crippen LogP contribution >= 0.6 is 0 Å². The van der Waals surface area contributed by atoms with Crippen LogP contribution in [-0.2, 0) is 4.74 Å². The van der Waals surface area contributed by atoms with Gasteiger partial charge in [-0.25, -0.2) is 0 Å². The molecule has 0 radical (unpaired) electrons. The third kappa shape index (κ3) is 3.49. The second-order valence-electron chi connectivity index (χ2n) is 2.32. The first-order chi connectivity index (χ1) is 4.22. The van der Waals surface area contributed by atoms with Crippen LogP contribution in [0.4, 0.5) is 0 Å². The van der Waals surface area contributed by atoms with Gasteiger partial charge in [-0.3, -0.25) is 4.90 Å². The van der Waals surface area contributed by atoms with Crippen LogP contribution in [0.2, 0.25) is 0 Å². The quantitative estimate of drug-likeness (QED) is 0.533. The molecule has 0 aliphatic heterocycles. The first-order valence-corrected chi connectivity index (χ1v) is 3.45. The Morgan fingerprint density at radius 1 is 1.56 bits per heavy atom. The van der Waals surface area contributed by atoms with E-state index in [0.29, 0.717) is 0 Å². The molecule has 0 aromatic heterocycles. The van der Waals surface area contributed by atoms with E-state index in [1.54, 1.807) is 7.11 Å². The topological polar surface area (TPSA) is 12.5 Å². The summed E-state index contributed by atoms with van der Waals surface area (Å²) in [4.78, 5) is 2.18. The molecule has 0 aromatic rings. The van der Waals surface area contributed by atoms with Crippen molar-refractivity contribution in [2.75, 3.05) is 20.7 Å². The van der Waals surface area contributed by atoms with Gasteiger partial charge in [0.05, 0.1) is 0 Å². The molecule has 0 bridgehead atoms. The molecule has 2 nitrogen and oxygen atoms in total. The summed E-state index contributed by atoms with van der Waals surface area (Å²) in [6, 6.07) is 0. The maximum absolute atomic E-state index is 5.09. The van der Waals surface area contributed by atoms with Crippen molar-refractivity contribution >= 4 is 0 Å². The van der Waals surface area contributed by atoms with E-state index in [2.05, 4.69) is 25.8 Å². The number of ether oxygens (including phenoxy) is 1. The summed E-state index contributed by atoms with van der Waals surface area (Å²) in [6.07, 6.45) is 1.44. The number of rotatable bonds is 4. The molecule has 0 rings (SSSR count). The van der Waals surface area contributed by atoms with E-state index < -0.39 is 0 Å². The minimum Gasteiger partial charge on any atom is -0.367 e. The van der Waals surface area contributed by atoms with E-state index >= 15 is 0 Å². The second kappa shape index (κ2) is 4.77. The molecule has 0 aliphatic rings. The minimum absolute atomic E-state index is 0.255. The van der Waals surface area contributed by atoms with E-state index in [-0.39, 0.29) is 6.23 Å². The molecule has 0 heterocycles. The molecule has 0 saturated heterocycles. The van der Waals surface area contributed by atoms with Crippen molar-refractivity contribution in [1.29, 1.82) is 0 Å². The fourth-order valence-corrected chi connectivity index (χ4v) is 0.714. The van der Waals surface area contributed by atoms with Gasteiger partial charge in [0.2, 0.25) is 0 Å². The van der Waals surface area contributed by atoms with Crippen LogP contribution in [-0.4, -0.2) is 31.8 Å². The van der Waals surface area contributed by atoms with Gasteiger partial charge >= 0.3 is 0 Å². The largest absolute Gasteiger partial charge is 0.367 e. The zero-order valence-electron chi connectivity index (χ0n) is 6.85. The lowest BCUT2D eigenvalue weighted by Gasteiger charge is -2.21. The number of nitrogens with zero attached hydrogens (tertiary/aromatic N) is 1. The van der Waals surface area contributed by atoms with Gasteiger partial charge in [0.25, 0.3) is 0 Å². The molecule has 0 aromatic carbocycles. The normalized spacial score (nSPS) is 14.3. The number of hydrogen-bond donors (Lipinski definition) is 0. The van der Waals surface area contributed by atoms with Gasteiger partial charge in [0, 0.05) is 7.11 Å². The maximum Gasteiger partial charge on any atom is 0.107 e. The average Bonchev–Trinajstić information content (AvgIpc) is 1.87. The molecular formula is C7H17NO. The van der Waals surface area contributed by atoms with Crippen LogP contribution in [0.3, 0.4) is 0 Å². The van der Waals surface area contributed by atoms with E-state index in [1.165, 1.54) is 6.42 Å². The van der Waals surface area contributed by atoms with Gasteiger partial charge in [0.1, 0.15) is 6.23 Å². The minimum atomic E-state index is 0.255. The van der Waals surface area contributed by atoms with E-state index in [9.17, 15) is 0 Å². The predicted octanol–water partition coefficient (Wildman–Crippen LogP) is 1.32. The van der Waals surface area contributed by atoms with Gasteiger partial charge in [-0.15, -0.1) is 0 Å². The molecule has 1 unspecified atom stereocenters. The summed E-state index contributed by atoms with van der Waals surface area (Å²) in [7, 11) is 3.80. The van der Waals surface area contributed by atoms with Crippen LogP contribution in [0.5, 0.6) is 0 Å². The lowest BCUT2D eigenvalue weighted by atomic mass is 10.4. The summed E-state index contributed by atoms with van der Waals surface area (Å²) >= 11 is 0. The lowest BCUT2D eigenvalue weighted by molar-refractivity contribution is -0.00312. The molecule has 0 saturated carbocycles. The Balaban J connectivity index is 3.32. The van der Waals surface area contributed by atoms with Crippen molar-refractivity contribution in [3.63, 3.8) is 0 Å². The Bertz CT molecular complexity index is 65.9. The molecule has 1 atom stereocenters. The molecule has 0 amide bonds. The smallest absolute Gasteiger partial charge is 0.107 e. The van der Waals surface area contributed by atoms with Crippen LogP contribution in [0.1, 0.15) is 20.3 Å². The Morgan fingerprint density at radius 2 is 2.11 bits per heavy atom. The number of hydrogen-bond acceptors (Lipinski definition) is 2. The average molecular weight is 131 g/mol. The SMILES string of the molecule is CCCN(C)C(C)OC. The first kappa shape index (κ1) is 8.92. The van der Waals surface area contributed by atoms with E-state index in [4.69, 9.17) is 4.74 Å². The number of methoxy groups -OCH3 is 1. The van der Waals surface area contributed by atoms with Crippen molar-refractivity contribution in [3.8, 4) is 0 Å². The summed E-state index contributed by atoms with van der Waals surface area (Å²) in [5, 5.41) is 0.